The molecule has 0 spiro atoms. The molecule has 0 atom stereocenters. The number of hydrogen-bond acceptors (Lipinski definition) is 4. The monoisotopic (exact) mass is 304 g/mol. The third kappa shape index (κ3) is 4.97. The van der Waals surface area contributed by atoms with E-state index in [0.29, 0.717) is 6.10 Å². The number of morpholine rings is 1. The van der Waals surface area contributed by atoms with Gasteiger partial charge in [-0.25, -0.2) is 0 Å². The summed E-state index contributed by atoms with van der Waals surface area (Å²) in [6, 6.07) is 8.56. The Balaban J connectivity index is 1.33. The average Bonchev–Trinajstić information content (AvgIpc) is 3.07. The molecule has 0 amide bonds. The molecule has 1 aliphatic carbocycles. The van der Waals surface area contributed by atoms with Crippen LogP contribution in [0.15, 0.2) is 24.3 Å². The summed E-state index contributed by atoms with van der Waals surface area (Å²) >= 11 is 0. The van der Waals surface area contributed by atoms with Gasteiger partial charge in [0.15, 0.2) is 0 Å². The first-order chi connectivity index (χ1) is 10.9. The predicted molar refractivity (Wildman–Crippen MR) is 88.3 cm³/mol. The molecule has 1 N–H and O–H groups in total. The Bertz CT molecular complexity index is 423. The van der Waals surface area contributed by atoms with E-state index in [0.717, 1.165) is 51.7 Å². The zero-order valence-electron chi connectivity index (χ0n) is 13.4. The molecule has 1 aromatic rings. The maximum Gasteiger partial charge on any atom is 0.119 e. The quantitative estimate of drug-likeness (QED) is 0.785. The van der Waals surface area contributed by atoms with Crippen molar-refractivity contribution >= 4 is 0 Å². The molecule has 1 aliphatic heterocycles. The van der Waals surface area contributed by atoms with E-state index < -0.39 is 0 Å². The molecule has 4 heteroatoms. The van der Waals surface area contributed by atoms with Crippen molar-refractivity contribution in [2.45, 2.75) is 38.3 Å². The van der Waals surface area contributed by atoms with Crippen molar-refractivity contribution in [3.05, 3.63) is 29.8 Å². The van der Waals surface area contributed by atoms with Gasteiger partial charge in [-0.1, -0.05) is 12.1 Å². The standard InChI is InChI=1S/C18H28N2O2/c1-2-4-17(3-1)22-18-7-5-16(6-8-18)15-19-9-10-20-11-13-21-14-12-20/h5-8,17,19H,1-4,9-15H2. The van der Waals surface area contributed by atoms with E-state index in [4.69, 9.17) is 9.47 Å². The zero-order chi connectivity index (χ0) is 15.0. The summed E-state index contributed by atoms with van der Waals surface area (Å²) in [6.45, 7) is 6.94. The minimum absolute atomic E-state index is 0.442. The van der Waals surface area contributed by atoms with E-state index in [-0.39, 0.29) is 0 Å². The molecule has 4 nitrogen and oxygen atoms in total. The second kappa shape index (κ2) is 8.51. The molecule has 0 aromatic heterocycles. The molecule has 0 bridgehead atoms. The average molecular weight is 304 g/mol. The maximum atomic E-state index is 6.00. The Kier molecular flexibility index (Phi) is 6.11. The van der Waals surface area contributed by atoms with Crippen LogP contribution in [0.3, 0.4) is 0 Å². The van der Waals surface area contributed by atoms with Gasteiger partial charge in [-0.15, -0.1) is 0 Å². The van der Waals surface area contributed by atoms with Gasteiger partial charge >= 0.3 is 0 Å². The zero-order valence-corrected chi connectivity index (χ0v) is 13.4. The van der Waals surface area contributed by atoms with Crippen LogP contribution in [0.2, 0.25) is 0 Å². The normalized spacial score (nSPS) is 20.4. The number of hydrogen-bond donors (Lipinski definition) is 1. The summed E-state index contributed by atoms with van der Waals surface area (Å²) in [5.74, 6) is 1.02. The third-order valence-corrected chi connectivity index (χ3v) is 4.57. The maximum absolute atomic E-state index is 6.00. The molecule has 0 radical (unpaired) electrons. The Morgan fingerprint density at radius 3 is 2.55 bits per heavy atom. The van der Waals surface area contributed by atoms with Crippen LogP contribution in [0, 0.1) is 0 Å². The van der Waals surface area contributed by atoms with Gasteiger partial charge in [-0.3, -0.25) is 4.90 Å². The van der Waals surface area contributed by atoms with E-state index in [1.807, 2.05) is 0 Å². The predicted octanol–water partition coefficient (Wildman–Crippen LogP) is 2.43. The number of nitrogens with zero attached hydrogens (tertiary/aromatic N) is 1. The van der Waals surface area contributed by atoms with Crippen LogP contribution in [-0.4, -0.2) is 50.4 Å². The molecule has 3 rings (SSSR count). The van der Waals surface area contributed by atoms with Crippen molar-refractivity contribution in [3.63, 3.8) is 0 Å². The van der Waals surface area contributed by atoms with Crippen LogP contribution >= 0.6 is 0 Å². The molecule has 22 heavy (non-hydrogen) atoms. The van der Waals surface area contributed by atoms with Gasteiger partial charge in [0.1, 0.15) is 5.75 Å². The summed E-state index contributed by atoms with van der Waals surface area (Å²) in [6.07, 6.45) is 5.50. The fourth-order valence-electron chi connectivity index (χ4n) is 3.18. The second-order valence-electron chi connectivity index (χ2n) is 6.30. The van der Waals surface area contributed by atoms with Crippen LogP contribution in [0.4, 0.5) is 0 Å². The van der Waals surface area contributed by atoms with Gasteiger partial charge in [-0.05, 0) is 43.4 Å². The smallest absolute Gasteiger partial charge is 0.119 e. The molecule has 0 unspecified atom stereocenters. The van der Waals surface area contributed by atoms with Crippen LogP contribution in [0.25, 0.3) is 0 Å². The van der Waals surface area contributed by atoms with Crippen LogP contribution < -0.4 is 10.1 Å². The number of nitrogens with one attached hydrogen (secondary N) is 1. The van der Waals surface area contributed by atoms with Crippen molar-refractivity contribution in [3.8, 4) is 5.75 Å². The van der Waals surface area contributed by atoms with E-state index in [9.17, 15) is 0 Å². The molecular weight excluding hydrogens is 276 g/mol. The van der Waals surface area contributed by atoms with Crippen molar-refractivity contribution in [1.29, 1.82) is 0 Å². The van der Waals surface area contributed by atoms with Crippen molar-refractivity contribution in [2.24, 2.45) is 0 Å². The van der Waals surface area contributed by atoms with Crippen LogP contribution in [0.5, 0.6) is 5.75 Å². The highest BCUT2D eigenvalue weighted by Gasteiger charge is 2.16. The summed E-state index contributed by atoms with van der Waals surface area (Å²) in [5, 5.41) is 3.52. The molecule has 122 valence electrons. The van der Waals surface area contributed by atoms with Crippen molar-refractivity contribution < 1.29 is 9.47 Å². The lowest BCUT2D eigenvalue weighted by atomic mass is 10.2. The molecular formula is C18H28N2O2. The Morgan fingerprint density at radius 2 is 1.82 bits per heavy atom. The van der Waals surface area contributed by atoms with Gasteiger partial charge in [0.05, 0.1) is 19.3 Å². The Hall–Kier alpha value is -1.10. The van der Waals surface area contributed by atoms with E-state index in [2.05, 4.69) is 34.5 Å². The fraction of sp³-hybridized carbons (Fsp3) is 0.667. The summed E-state index contributed by atoms with van der Waals surface area (Å²) in [4.78, 5) is 2.45. The lowest BCUT2D eigenvalue weighted by Gasteiger charge is -2.26. The highest BCUT2D eigenvalue weighted by atomic mass is 16.5. The van der Waals surface area contributed by atoms with E-state index in [1.165, 1.54) is 31.2 Å². The van der Waals surface area contributed by atoms with Gasteiger partial charge < -0.3 is 14.8 Å². The van der Waals surface area contributed by atoms with Gasteiger partial charge in [0.25, 0.3) is 0 Å². The highest BCUT2D eigenvalue weighted by molar-refractivity contribution is 5.27. The topological polar surface area (TPSA) is 33.7 Å². The Morgan fingerprint density at radius 1 is 1.09 bits per heavy atom. The minimum atomic E-state index is 0.442. The first kappa shape index (κ1) is 15.8. The van der Waals surface area contributed by atoms with Crippen LogP contribution in [-0.2, 0) is 11.3 Å². The lowest BCUT2D eigenvalue weighted by molar-refractivity contribution is 0.0384. The highest BCUT2D eigenvalue weighted by Crippen LogP contribution is 2.24. The summed E-state index contributed by atoms with van der Waals surface area (Å²) in [7, 11) is 0. The second-order valence-corrected chi connectivity index (χ2v) is 6.30. The first-order valence-corrected chi connectivity index (χ1v) is 8.66. The van der Waals surface area contributed by atoms with Gasteiger partial charge in [0, 0.05) is 32.7 Å². The summed E-state index contributed by atoms with van der Waals surface area (Å²) in [5.41, 5.74) is 1.32. The van der Waals surface area contributed by atoms with Crippen LogP contribution in [0.1, 0.15) is 31.2 Å². The fourth-order valence-corrected chi connectivity index (χ4v) is 3.18. The molecule has 1 aromatic carbocycles. The van der Waals surface area contributed by atoms with Gasteiger partial charge in [-0.2, -0.15) is 0 Å². The van der Waals surface area contributed by atoms with Gasteiger partial charge in [0.2, 0.25) is 0 Å². The minimum Gasteiger partial charge on any atom is -0.490 e. The number of ether oxygens (including phenoxy) is 2. The van der Waals surface area contributed by atoms with E-state index in [1.54, 1.807) is 0 Å². The molecule has 1 saturated carbocycles. The largest absolute Gasteiger partial charge is 0.490 e. The number of rotatable bonds is 7. The Labute approximate surface area is 133 Å². The third-order valence-electron chi connectivity index (χ3n) is 4.57. The molecule has 2 aliphatic rings. The van der Waals surface area contributed by atoms with Crippen molar-refractivity contribution in [1.82, 2.24) is 10.2 Å². The lowest BCUT2D eigenvalue weighted by Crippen LogP contribution is -2.40. The van der Waals surface area contributed by atoms with E-state index >= 15 is 0 Å². The molecule has 1 saturated heterocycles. The molecule has 2 fully saturated rings. The molecule has 1 heterocycles. The van der Waals surface area contributed by atoms with Crippen molar-refractivity contribution in [2.75, 3.05) is 39.4 Å². The number of benzene rings is 1. The summed E-state index contributed by atoms with van der Waals surface area (Å²) < 4.78 is 11.4. The first-order valence-electron chi connectivity index (χ1n) is 8.66. The SMILES string of the molecule is c1cc(OC2CCCC2)ccc1CNCCN1CCOCC1.